The number of benzene rings is 1. The van der Waals surface area contributed by atoms with Crippen molar-refractivity contribution in [2.75, 3.05) is 0 Å². The van der Waals surface area contributed by atoms with Gasteiger partial charge in [-0.25, -0.2) is 9.18 Å². The van der Waals surface area contributed by atoms with E-state index in [4.69, 9.17) is 0 Å². The summed E-state index contributed by atoms with van der Waals surface area (Å²) in [6.07, 6.45) is -6.43. The van der Waals surface area contributed by atoms with Crippen LogP contribution >= 0.6 is 0 Å². The molecule has 0 aliphatic rings. The van der Waals surface area contributed by atoms with Crippen molar-refractivity contribution in [1.29, 1.82) is 0 Å². The number of halogens is 6. The van der Waals surface area contributed by atoms with Gasteiger partial charge in [-0.2, -0.15) is 26.9 Å². The molecule has 2 aromatic rings. The highest BCUT2D eigenvalue weighted by molar-refractivity contribution is 5.70. The summed E-state index contributed by atoms with van der Waals surface area (Å²) < 4.78 is 82.7. The van der Waals surface area contributed by atoms with E-state index in [-0.39, 0.29) is 0 Å². The summed E-state index contributed by atoms with van der Waals surface area (Å²) in [5.74, 6) is -3.95. The summed E-state index contributed by atoms with van der Waals surface area (Å²) in [6, 6.07) is 2.43. The number of hydrogen-bond acceptors (Lipinski definition) is 5. The summed E-state index contributed by atoms with van der Waals surface area (Å²) >= 11 is 0. The van der Waals surface area contributed by atoms with Gasteiger partial charge in [0.15, 0.2) is 0 Å². The first kappa shape index (κ1) is 16.6. The zero-order valence-electron chi connectivity index (χ0n) is 10.7. The lowest BCUT2D eigenvalue weighted by molar-refractivity contribution is -0.159. The number of amides is 1. The number of carbonyl (C=O) groups is 1. The molecular formula is C11H5F6N3O3. The lowest BCUT2D eigenvalue weighted by atomic mass is 10.2. The maximum atomic E-state index is 13.8. The Hall–Kier alpha value is -2.79. The Morgan fingerprint density at radius 3 is 2.52 bits per heavy atom. The van der Waals surface area contributed by atoms with Gasteiger partial charge in [0, 0.05) is 6.07 Å². The fourth-order valence-corrected chi connectivity index (χ4v) is 1.41. The van der Waals surface area contributed by atoms with Crippen LogP contribution in [-0.2, 0) is 6.18 Å². The fraction of sp³-hybridized carbons (Fsp3) is 0.182. The molecule has 1 aromatic heterocycles. The molecule has 0 unspecified atom stereocenters. The van der Waals surface area contributed by atoms with Crippen LogP contribution in [0.4, 0.5) is 31.1 Å². The Morgan fingerprint density at radius 2 is 2.00 bits per heavy atom. The van der Waals surface area contributed by atoms with Crippen LogP contribution in [0, 0.1) is 5.82 Å². The smallest absolute Gasteiger partial charge is 0.410 e. The molecule has 1 N–H and O–H groups in total. The van der Waals surface area contributed by atoms with Gasteiger partial charge in [0.2, 0.25) is 5.82 Å². The van der Waals surface area contributed by atoms with Crippen molar-refractivity contribution >= 4 is 6.09 Å². The first-order valence-corrected chi connectivity index (χ1v) is 5.64. The predicted molar refractivity (Wildman–Crippen MR) is 59.9 cm³/mol. The zero-order valence-corrected chi connectivity index (χ0v) is 10.7. The highest BCUT2D eigenvalue weighted by Gasteiger charge is 2.38. The van der Waals surface area contributed by atoms with Crippen LogP contribution in [0.5, 0.6) is 5.75 Å². The minimum Gasteiger partial charge on any atom is -0.410 e. The van der Waals surface area contributed by atoms with Gasteiger partial charge < -0.3 is 9.26 Å². The molecule has 0 aliphatic carbocycles. The number of carbonyl (C=O) groups excluding carboxylic acids is 1. The third-order valence-corrected chi connectivity index (χ3v) is 2.29. The van der Waals surface area contributed by atoms with Crippen LogP contribution in [0.15, 0.2) is 22.7 Å². The Bertz CT molecular complexity index is 715. The van der Waals surface area contributed by atoms with Crippen molar-refractivity contribution in [2.45, 2.75) is 12.7 Å². The van der Waals surface area contributed by atoms with E-state index in [1.54, 1.807) is 0 Å². The Balaban J connectivity index is 2.19. The molecule has 124 valence electrons. The van der Waals surface area contributed by atoms with Crippen LogP contribution < -0.4 is 10.1 Å². The number of nitrogens with zero attached hydrogens (tertiary/aromatic N) is 2. The van der Waals surface area contributed by atoms with Crippen LogP contribution in [0.1, 0.15) is 5.89 Å². The van der Waals surface area contributed by atoms with Crippen LogP contribution in [-0.4, -0.2) is 22.8 Å². The average Bonchev–Trinajstić information content (AvgIpc) is 2.86. The zero-order chi connectivity index (χ0) is 17.2. The molecule has 6 nitrogen and oxygen atoms in total. The molecule has 0 saturated carbocycles. The second kappa shape index (κ2) is 6.14. The maximum Gasteiger partial charge on any atom is 0.471 e. The van der Waals surface area contributed by atoms with Crippen molar-refractivity contribution in [1.82, 2.24) is 15.5 Å². The molecule has 0 fully saturated rings. The monoisotopic (exact) mass is 341 g/mol. The largest absolute Gasteiger partial charge is 0.471 e. The number of alkyl halides is 5. The second-order valence-electron chi connectivity index (χ2n) is 3.90. The van der Waals surface area contributed by atoms with E-state index in [1.165, 1.54) is 0 Å². The van der Waals surface area contributed by atoms with Gasteiger partial charge in [-0.1, -0.05) is 5.16 Å². The SMILES string of the molecule is O=C(NC(F)F)Oc1ccc(-c2noc(C(F)(F)F)n2)c(F)c1. The molecule has 0 spiro atoms. The van der Waals surface area contributed by atoms with Crippen molar-refractivity contribution in [2.24, 2.45) is 0 Å². The molecule has 0 aliphatic heterocycles. The molecule has 12 heteroatoms. The predicted octanol–water partition coefficient (Wildman–Crippen LogP) is 3.21. The van der Waals surface area contributed by atoms with Crippen LogP contribution in [0.3, 0.4) is 0 Å². The molecule has 0 atom stereocenters. The molecule has 1 amide bonds. The van der Waals surface area contributed by atoms with Gasteiger partial charge >= 0.3 is 24.7 Å². The molecule has 1 aromatic carbocycles. The van der Waals surface area contributed by atoms with Gasteiger partial charge in [0.05, 0.1) is 5.56 Å². The molecule has 0 bridgehead atoms. The second-order valence-corrected chi connectivity index (χ2v) is 3.90. The van der Waals surface area contributed by atoms with Gasteiger partial charge in [-0.05, 0) is 12.1 Å². The third kappa shape index (κ3) is 4.11. The minimum atomic E-state index is -4.89. The van der Waals surface area contributed by atoms with Crippen molar-refractivity contribution in [3.63, 3.8) is 0 Å². The van der Waals surface area contributed by atoms with E-state index in [1.807, 2.05) is 0 Å². The first-order chi connectivity index (χ1) is 10.7. The Labute approximate surface area is 123 Å². The number of hydrogen-bond donors (Lipinski definition) is 1. The maximum absolute atomic E-state index is 13.8. The Morgan fingerprint density at radius 1 is 1.30 bits per heavy atom. The van der Waals surface area contributed by atoms with Crippen molar-refractivity contribution in [3.05, 3.63) is 29.9 Å². The highest BCUT2D eigenvalue weighted by atomic mass is 19.4. The minimum absolute atomic E-state index is 0.455. The first-order valence-electron chi connectivity index (χ1n) is 5.64. The van der Waals surface area contributed by atoms with E-state index in [0.29, 0.717) is 6.07 Å². The lowest BCUT2D eigenvalue weighted by Crippen LogP contribution is -2.31. The fourth-order valence-electron chi connectivity index (χ4n) is 1.41. The normalized spacial score (nSPS) is 11.6. The van der Waals surface area contributed by atoms with E-state index < -0.39 is 47.7 Å². The summed E-state index contributed by atoms with van der Waals surface area (Å²) in [7, 11) is 0. The molecule has 0 saturated heterocycles. The quantitative estimate of drug-likeness (QED) is 0.685. The van der Waals surface area contributed by atoms with Crippen molar-refractivity contribution < 1.29 is 40.4 Å². The van der Waals surface area contributed by atoms with E-state index in [2.05, 4.69) is 19.4 Å². The van der Waals surface area contributed by atoms with Gasteiger partial charge in [-0.3, -0.25) is 5.32 Å². The van der Waals surface area contributed by atoms with E-state index in [0.717, 1.165) is 17.4 Å². The summed E-state index contributed by atoms with van der Waals surface area (Å²) in [5, 5.41) is 4.07. The number of aromatic nitrogens is 2. The molecular weight excluding hydrogens is 336 g/mol. The van der Waals surface area contributed by atoms with E-state index in [9.17, 15) is 31.1 Å². The standard InChI is InChI=1S/C11H5F6N3O3/c12-6-3-4(22-10(21)19-9(13)14)1-2-5(6)7-18-8(23-20-7)11(15,16)17/h1-3,9H,(H,19,21). The molecule has 1 heterocycles. The van der Waals surface area contributed by atoms with Crippen LogP contribution in [0.25, 0.3) is 11.4 Å². The summed E-state index contributed by atoms with van der Waals surface area (Å²) in [6.45, 7) is -3.17. The van der Waals surface area contributed by atoms with E-state index >= 15 is 0 Å². The lowest BCUT2D eigenvalue weighted by Gasteiger charge is -2.06. The van der Waals surface area contributed by atoms with Gasteiger partial charge in [-0.15, -0.1) is 0 Å². The Kier molecular flexibility index (Phi) is 4.43. The molecule has 0 radical (unpaired) electrons. The van der Waals surface area contributed by atoms with Crippen molar-refractivity contribution in [3.8, 4) is 17.1 Å². The van der Waals surface area contributed by atoms with Gasteiger partial charge in [0.1, 0.15) is 11.6 Å². The highest BCUT2D eigenvalue weighted by Crippen LogP contribution is 2.30. The summed E-state index contributed by atoms with van der Waals surface area (Å²) in [4.78, 5) is 13.9. The number of ether oxygens (including phenoxy) is 1. The average molecular weight is 341 g/mol. The number of nitrogens with one attached hydrogen (secondary N) is 1. The van der Waals surface area contributed by atoms with Gasteiger partial charge in [0.25, 0.3) is 0 Å². The van der Waals surface area contributed by atoms with Crippen LogP contribution in [0.2, 0.25) is 0 Å². The summed E-state index contributed by atoms with van der Waals surface area (Å²) in [5.41, 5.74) is -0.467. The number of rotatable bonds is 3. The third-order valence-electron chi connectivity index (χ3n) is 2.29. The molecule has 2 rings (SSSR count). The topological polar surface area (TPSA) is 77.2 Å². The molecule has 23 heavy (non-hydrogen) atoms.